The number of rotatable bonds is 1. The van der Waals surface area contributed by atoms with Crippen molar-refractivity contribution in [2.75, 3.05) is 26.2 Å². The van der Waals surface area contributed by atoms with E-state index in [1.54, 1.807) is 11.0 Å². The fraction of sp³-hybridized carbons (Fsp3) is 0.538. The second-order valence-electron chi connectivity index (χ2n) is 4.93. The Morgan fingerprint density at radius 3 is 3.06 bits per heavy atom. The topological polar surface area (TPSA) is 36.4 Å². The van der Waals surface area contributed by atoms with E-state index >= 15 is 0 Å². The van der Waals surface area contributed by atoms with Gasteiger partial charge >= 0.3 is 0 Å². The summed E-state index contributed by atoms with van der Waals surface area (Å²) >= 11 is 0. The minimum Gasteiger partial charge on any atom is -0.334 e. The Hall–Kier alpha value is -1.49. The van der Waals surface area contributed by atoms with Gasteiger partial charge in [0.2, 0.25) is 5.95 Å². The molecule has 1 aromatic rings. The number of fused-ring (bicyclic) bond motifs is 1. The molecule has 1 aromatic heterocycles. The summed E-state index contributed by atoms with van der Waals surface area (Å²) in [5.74, 6) is -0.749. The van der Waals surface area contributed by atoms with Crippen LogP contribution < -0.4 is 0 Å². The van der Waals surface area contributed by atoms with Gasteiger partial charge in [0, 0.05) is 25.7 Å². The Morgan fingerprint density at radius 2 is 2.22 bits per heavy atom. The summed E-state index contributed by atoms with van der Waals surface area (Å²) in [7, 11) is 0. The van der Waals surface area contributed by atoms with E-state index in [-0.39, 0.29) is 11.6 Å². The van der Waals surface area contributed by atoms with Gasteiger partial charge in [0.25, 0.3) is 5.91 Å². The predicted octanol–water partition coefficient (Wildman–Crippen LogP) is 1.14. The van der Waals surface area contributed by atoms with Crippen LogP contribution in [0.2, 0.25) is 0 Å². The van der Waals surface area contributed by atoms with Crippen molar-refractivity contribution in [2.45, 2.75) is 18.9 Å². The number of hydrogen-bond acceptors (Lipinski definition) is 3. The highest BCUT2D eigenvalue weighted by Crippen LogP contribution is 2.22. The molecule has 0 bridgehead atoms. The van der Waals surface area contributed by atoms with Crippen molar-refractivity contribution in [3.8, 4) is 0 Å². The maximum absolute atomic E-state index is 13.0. The summed E-state index contributed by atoms with van der Waals surface area (Å²) in [5, 5.41) is 0. The van der Waals surface area contributed by atoms with Crippen LogP contribution >= 0.6 is 0 Å². The largest absolute Gasteiger partial charge is 0.334 e. The summed E-state index contributed by atoms with van der Waals surface area (Å²) < 4.78 is 13.0. The van der Waals surface area contributed by atoms with Crippen LogP contribution in [0.4, 0.5) is 4.39 Å². The smallest absolute Gasteiger partial charge is 0.272 e. The SMILES string of the molecule is O=C(c1cccc(F)n1)N1CCN2CCCC2C1. The summed E-state index contributed by atoms with van der Waals surface area (Å²) in [6, 6.07) is 4.84. The summed E-state index contributed by atoms with van der Waals surface area (Å²) in [4.78, 5) is 20.1. The third kappa shape index (κ3) is 2.10. The van der Waals surface area contributed by atoms with Crippen molar-refractivity contribution < 1.29 is 9.18 Å². The van der Waals surface area contributed by atoms with Gasteiger partial charge in [0.05, 0.1) is 0 Å². The summed E-state index contributed by atoms with van der Waals surface area (Å²) in [6.45, 7) is 3.53. The first kappa shape index (κ1) is 11.6. The van der Waals surface area contributed by atoms with Gasteiger partial charge in [0.15, 0.2) is 0 Å². The Kier molecular flexibility index (Phi) is 2.99. The van der Waals surface area contributed by atoms with Gasteiger partial charge in [0.1, 0.15) is 5.69 Å². The molecule has 4 nitrogen and oxygen atoms in total. The number of pyridine rings is 1. The van der Waals surface area contributed by atoms with Gasteiger partial charge < -0.3 is 4.90 Å². The lowest BCUT2D eigenvalue weighted by Gasteiger charge is -2.37. The number of aromatic nitrogens is 1. The maximum atomic E-state index is 13.0. The zero-order valence-corrected chi connectivity index (χ0v) is 10.2. The molecule has 3 heterocycles. The molecule has 0 aromatic carbocycles. The first-order valence-corrected chi connectivity index (χ1v) is 6.40. The molecule has 0 spiro atoms. The quantitative estimate of drug-likeness (QED) is 0.700. The lowest BCUT2D eigenvalue weighted by atomic mass is 10.1. The molecule has 0 radical (unpaired) electrons. The molecule has 18 heavy (non-hydrogen) atoms. The van der Waals surface area contributed by atoms with Crippen molar-refractivity contribution >= 4 is 5.91 Å². The van der Waals surface area contributed by atoms with Gasteiger partial charge in [-0.15, -0.1) is 0 Å². The molecule has 2 aliphatic rings. The van der Waals surface area contributed by atoms with Crippen LogP contribution in [0, 0.1) is 5.95 Å². The Bertz CT molecular complexity index is 465. The van der Waals surface area contributed by atoms with Gasteiger partial charge in [-0.1, -0.05) is 6.07 Å². The molecule has 0 saturated carbocycles. The minimum absolute atomic E-state index is 0.152. The number of piperazine rings is 1. The van der Waals surface area contributed by atoms with Crippen LogP contribution in [-0.4, -0.2) is 52.9 Å². The van der Waals surface area contributed by atoms with Crippen molar-refractivity contribution in [3.05, 3.63) is 29.8 Å². The van der Waals surface area contributed by atoms with Crippen molar-refractivity contribution in [1.82, 2.24) is 14.8 Å². The lowest BCUT2D eigenvalue weighted by Crippen LogP contribution is -2.52. The lowest BCUT2D eigenvalue weighted by molar-refractivity contribution is 0.0564. The first-order valence-electron chi connectivity index (χ1n) is 6.40. The van der Waals surface area contributed by atoms with E-state index < -0.39 is 5.95 Å². The van der Waals surface area contributed by atoms with Gasteiger partial charge in [-0.25, -0.2) is 4.98 Å². The molecule has 1 unspecified atom stereocenters. The number of carbonyl (C=O) groups is 1. The minimum atomic E-state index is -0.597. The van der Waals surface area contributed by atoms with Crippen LogP contribution in [0.1, 0.15) is 23.3 Å². The third-order valence-electron chi connectivity index (χ3n) is 3.81. The van der Waals surface area contributed by atoms with Crippen LogP contribution in [-0.2, 0) is 0 Å². The molecule has 2 saturated heterocycles. The predicted molar refractivity (Wildman–Crippen MR) is 64.7 cm³/mol. The number of amides is 1. The first-order chi connectivity index (χ1) is 8.74. The van der Waals surface area contributed by atoms with E-state index in [9.17, 15) is 9.18 Å². The number of hydrogen-bond donors (Lipinski definition) is 0. The molecule has 2 fully saturated rings. The Morgan fingerprint density at radius 1 is 1.33 bits per heavy atom. The van der Waals surface area contributed by atoms with Crippen molar-refractivity contribution in [3.63, 3.8) is 0 Å². The number of carbonyl (C=O) groups excluding carboxylic acids is 1. The molecule has 1 atom stereocenters. The zero-order chi connectivity index (χ0) is 12.5. The highest BCUT2D eigenvalue weighted by molar-refractivity contribution is 5.92. The molecule has 0 aliphatic carbocycles. The molecule has 5 heteroatoms. The van der Waals surface area contributed by atoms with E-state index in [0.717, 1.165) is 26.1 Å². The average Bonchev–Trinajstić information content (AvgIpc) is 2.85. The Labute approximate surface area is 105 Å². The van der Waals surface area contributed by atoms with E-state index in [1.807, 2.05) is 0 Å². The number of nitrogens with zero attached hydrogens (tertiary/aromatic N) is 3. The monoisotopic (exact) mass is 249 g/mol. The average molecular weight is 249 g/mol. The van der Waals surface area contributed by atoms with E-state index in [2.05, 4.69) is 9.88 Å². The number of halogens is 1. The molecule has 1 amide bonds. The fourth-order valence-corrected chi connectivity index (χ4v) is 2.86. The van der Waals surface area contributed by atoms with Crippen molar-refractivity contribution in [2.24, 2.45) is 0 Å². The molecule has 96 valence electrons. The van der Waals surface area contributed by atoms with Crippen LogP contribution in [0.15, 0.2) is 18.2 Å². The van der Waals surface area contributed by atoms with Gasteiger partial charge in [-0.2, -0.15) is 4.39 Å². The molecule has 0 N–H and O–H groups in total. The van der Waals surface area contributed by atoms with E-state index in [4.69, 9.17) is 0 Å². The van der Waals surface area contributed by atoms with E-state index in [0.29, 0.717) is 12.6 Å². The summed E-state index contributed by atoms with van der Waals surface area (Å²) in [6.07, 6.45) is 2.37. The van der Waals surface area contributed by atoms with Crippen molar-refractivity contribution in [1.29, 1.82) is 0 Å². The zero-order valence-electron chi connectivity index (χ0n) is 10.2. The fourth-order valence-electron chi connectivity index (χ4n) is 2.86. The highest BCUT2D eigenvalue weighted by atomic mass is 19.1. The Balaban J connectivity index is 1.73. The van der Waals surface area contributed by atoms with Crippen LogP contribution in [0.5, 0.6) is 0 Å². The molecule has 2 aliphatic heterocycles. The molecule has 3 rings (SSSR count). The molecular weight excluding hydrogens is 233 g/mol. The van der Waals surface area contributed by atoms with Gasteiger partial charge in [-0.05, 0) is 31.5 Å². The maximum Gasteiger partial charge on any atom is 0.272 e. The third-order valence-corrected chi connectivity index (χ3v) is 3.81. The second kappa shape index (κ2) is 4.65. The van der Waals surface area contributed by atoms with Crippen LogP contribution in [0.3, 0.4) is 0 Å². The molecular formula is C13H16FN3O. The van der Waals surface area contributed by atoms with Crippen LogP contribution in [0.25, 0.3) is 0 Å². The van der Waals surface area contributed by atoms with E-state index in [1.165, 1.54) is 18.6 Å². The highest BCUT2D eigenvalue weighted by Gasteiger charge is 2.33. The standard InChI is InChI=1S/C13H16FN3O/c14-12-5-1-4-11(15-12)13(18)17-8-7-16-6-2-3-10(16)9-17/h1,4-5,10H,2-3,6-9H2. The second-order valence-corrected chi connectivity index (χ2v) is 4.93. The summed E-state index contributed by atoms with van der Waals surface area (Å²) in [5.41, 5.74) is 0.210. The normalized spacial score (nSPS) is 24.1. The van der Waals surface area contributed by atoms with Gasteiger partial charge in [-0.3, -0.25) is 9.69 Å².